The molecule has 0 radical (unpaired) electrons. The summed E-state index contributed by atoms with van der Waals surface area (Å²) >= 11 is 7.23. The Bertz CT molecular complexity index is 802. The third kappa shape index (κ3) is 6.76. The average Bonchev–Trinajstić information content (AvgIpc) is 2.68. The van der Waals surface area contributed by atoms with Gasteiger partial charge in [0.1, 0.15) is 11.9 Å². The van der Waals surface area contributed by atoms with Crippen LogP contribution in [0.1, 0.15) is 25.0 Å². The van der Waals surface area contributed by atoms with Crippen LogP contribution in [-0.4, -0.2) is 29.5 Å². The van der Waals surface area contributed by atoms with E-state index >= 15 is 0 Å². The van der Waals surface area contributed by atoms with Gasteiger partial charge < -0.3 is 14.6 Å². The zero-order valence-electron chi connectivity index (χ0n) is 15.3. The molecule has 2 aromatic rings. The molecule has 2 rings (SSSR count). The SMILES string of the molecule is C[C@@H](CCOC(=O)CS)[C@@H](OC(=O)Nc1ccccc1)c1cc(Br)ccc1O. The average molecular weight is 468 g/mol. The highest BCUT2D eigenvalue weighted by Crippen LogP contribution is 2.36. The zero-order valence-corrected chi connectivity index (χ0v) is 17.8. The van der Waals surface area contributed by atoms with Crippen LogP contribution < -0.4 is 5.32 Å². The number of hydrogen-bond acceptors (Lipinski definition) is 6. The maximum Gasteiger partial charge on any atom is 0.412 e. The zero-order chi connectivity index (χ0) is 20.5. The third-order valence-corrected chi connectivity index (χ3v) is 4.78. The summed E-state index contributed by atoms with van der Waals surface area (Å²) in [5.41, 5.74) is 1.06. The fourth-order valence-corrected chi connectivity index (χ4v) is 3.05. The minimum atomic E-state index is -0.740. The van der Waals surface area contributed by atoms with Crippen LogP contribution in [0.15, 0.2) is 53.0 Å². The molecule has 0 fully saturated rings. The number of carbonyl (C=O) groups excluding carboxylic acids is 2. The van der Waals surface area contributed by atoms with Crippen molar-refractivity contribution in [2.45, 2.75) is 19.4 Å². The van der Waals surface area contributed by atoms with Gasteiger partial charge in [-0.05, 0) is 36.8 Å². The summed E-state index contributed by atoms with van der Waals surface area (Å²) in [5.74, 6) is -0.630. The second-order valence-electron chi connectivity index (χ2n) is 6.16. The molecule has 8 heteroatoms. The van der Waals surface area contributed by atoms with E-state index in [9.17, 15) is 14.7 Å². The lowest BCUT2D eigenvalue weighted by atomic mass is 9.94. The lowest BCUT2D eigenvalue weighted by Crippen LogP contribution is -2.23. The number of hydrogen-bond donors (Lipinski definition) is 3. The van der Waals surface area contributed by atoms with Crippen LogP contribution in [0.5, 0.6) is 5.75 Å². The molecule has 0 heterocycles. The van der Waals surface area contributed by atoms with E-state index in [4.69, 9.17) is 9.47 Å². The van der Waals surface area contributed by atoms with Crippen molar-refractivity contribution in [2.24, 2.45) is 5.92 Å². The number of amides is 1. The maximum atomic E-state index is 12.4. The molecule has 2 N–H and O–H groups in total. The monoisotopic (exact) mass is 467 g/mol. The molecule has 0 saturated heterocycles. The Morgan fingerprint density at radius 3 is 2.61 bits per heavy atom. The lowest BCUT2D eigenvalue weighted by molar-refractivity contribution is -0.141. The molecule has 0 aliphatic carbocycles. The number of esters is 1. The van der Waals surface area contributed by atoms with Crippen LogP contribution >= 0.6 is 28.6 Å². The molecule has 0 spiro atoms. The quantitative estimate of drug-likeness (QED) is 0.378. The van der Waals surface area contributed by atoms with Crippen molar-refractivity contribution in [3.8, 4) is 5.75 Å². The van der Waals surface area contributed by atoms with E-state index in [0.29, 0.717) is 17.7 Å². The van der Waals surface area contributed by atoms with Crippen molar-refractivity contribution in [1.82, 2.24) is 0 Å². The van der Waals surface area contributed by atoms with Gasteiger partial charge in [0.2, 0.25) is 0 Å². The number of phenols is 1. The van der Waals surface area contributed by atoms with Crippen molar-refractivity contribution in [1.29, 1.82) is 0 Å². The summed E-state index contributed by atoms with van der Waals surface area (Å²) < 4.78 is 11.4. The van der Waals surface area contributed by atoms with Crippen LogP contribution in [0.25, 0.3) is 0 Å². The van der Waals surface area contributed by atoms with E-state index in [1.165, 1.54) is 6.07 Å². The highest BCUT2D eigenvalue weighted by Gasteiger charge is 2.27. The molecule has 2 aromatic carbocycles. The first-order valence-corrected chi connectivity index (χ1v) is 10.1. The summed E-state index contributed by atoms with van der Waals surface area (Å²) in [6, 6.07) is 13.8. The lowest BCUT2D eigenvalue weighted by Gasteiger charge is -2.25. The minimum Gasteiger partial charge on any atom is -0.508 e. The van der Waals surface area contributed by atoms with Gasteiger partial charge in [-0.15, -0.1) is 0 Å². The molecular formula is C20H22BrNO5S. The molecule has 1 amide bonds. The highest BCUT2D eigenvalue weighted by atomic mass is 79.9. The third-order valence-electron chi connectivity index (χ3n) is 4.03. The molecule has 0 aliphatic heterocycles. The standard InChI is InChI=1S/C20H22BrNO5S/c1-13(9-10-26-18(24)12-28)19(16-11-14(21)7-8-17(16)23)27-20(25)22-15-5-3-2-4-6-15/h2-8,11,13,19,23,28H,9-10,12H2,1H3,(H,22,25)/t13-,19+/m0/s1. The Morgan fingerprint density at radius 1 is 1.21 bits per heavy atom. The van der Waals surface area contributed by atoms with Gasteiger partial charge in [0.25, 0.3) is 0 Å². The Kier molecular flexibility index (Phi) is 8.66. The first-order chi connectivity index (χ1) is 13.4. The molecule has 6 nitrogen and oxygen atoms in total. The summed E-state index contributed by atoms with van der Waals surface area (Å²) in [6.07, 6.45) is -0.944. The summed E-state index contributed by atoms with van der Waals surface area (Å²) in [4.78, 5) is 23.7. The van der Waals surface area contributed by atoms with Crippen LogP contribution in [0.4, 0.5) is 10.5 Å². The van der Waals surface area contributed by atoms with E-state index in [1.807, 2.05) is 13.0 Å². The van der Waals surface area contributed by atoms with Crippen molar-refractivity contribution in [3.63, 3.8) is 0 Å². The summed E-state index contributed by atoms with van der Waals surface area (Å²) in [6.45, 7) is 2.02. The van der Waals surface area contributed by atoms with E-state index in [1.54, 1.807) is 36.4 Å². The van der Waals surface area contributed by atoms with E-state index in [-0.39, 0.29) is 24.0 Å². The van der Waals surface area contributed by atoms with Crippen molar-refractivity contribution in [2.75, 3.05) is 17.7 Å². The molecule has 0 aliphatic rings. The van der Waals surface area contributed by atoms with Crippen molar-refractivity contribution in [3.05, 3.63) is 58.6 Å². The number of thiol groups is 1. The smallest absolute Gasteiger partial charge is 0.412 e. The highest BCUT2D eigenvalue weighted by molar-refractivity contribution is 9.10. The van der Waals surface area contributed by atoms with Crippen LogP contribution in [0, 0.1) is 5.92 Å². The molecule has 150 valence electrons. The van der Waals surface area contributed by atoms with Gasteiger partial charge in [0.15, 0.2) is 0 Å². The van der Waals surface area contributed by atoms with Gasteiger partial charge >= 0.3 is 12.1 Å². The maximum absolute atomic E-state index is 12.4. The Balaban J connectivity index is 2.14. The number of phenolic OH excluding ortho intramolecular Hbond substituents is 1. The molecule has 28 heavy (non-hydrogen) atoms. The van der Waals surface area contributed by atoms with E-state index < -0.39 is 18.2 Å². The molecule has 0 unspecified atom stereocenters. The molecule has 2 atom stereocenters. The fraction of sp³-hybridized carbons (Fsp3) is 0.300. The molecule has 0 aromatic heterocycles. The van der Waals surface area contributed by atoms with Crippen LogP contribution in [0.3, 0.4) is 0 Å². The normalized spacial score (nSPS) is 12.7. The molecule has 0 saturated carbocycles. The molecular weight excluding hydrogens is 446 g/mol. The predicted molar refractivity (Wildman–Crippen MR) is 114 cm³/mol. The van der Waals surface area contributed by atoms with Gasteiger partial charge in [-0.2, -0.15) is 12.6 Å². The number of carbonyl (C=O) groups is 2. The van der Waals surface area contributed by atoms with Gasteiger partial charge in [0, 0.05) is 21.6 Å². The minimum absolute atomic E-state index is 0.000210. The van der Waals surface area contributed by atoms with Crippen LogP contribution in [-0.2, 0) is 14.3 Å². The summed E-state index contributed by atoms with van der Waals surface area (Å²) in [5, 5.41) is 12.9. The molecule has 0 bridgehead atoms. The Morgan fingerprint density at radius 2 is 1.93 bits per heavy atom. The van der Waals surface area contributed by atoms with E-state index in [2.05, 4.69) is 33.9 Å². The predicted octanol–water partition coefficient (Wildman–Crippen LogP) is 4.94. The van der Waals surface area contributed by atoms with Gasteiger partial charge in [-0.1, -0.05) is 41.1 Å². The van der Waals surface area contributed by atoms with Crippen LogP contribution in [0.2, 0.25) is 0 Å². The van der Waals surface area contributed by atoms with Gasteiger partial charge in [-0.3, -0.25) is 10.1 Å². The number of benzene rings is 2. The first-order valence-electron chi connectivity index (χ1n) is 8.68. The van der Waals surface area contributed by atoms with E-state index in [0.717, 1.165) is 4.47 Å². The fourth-order valence-electron chi connectivity index (χ4n) is 2.58. The largest absolute Gasteiger partial charge is 0.508 e. The Hall–Kier alpha value is -2.19. The second-order valence-corrected chi connectivity index (χ2v) is 7.40. The van der Waals surface area contributed by atoms with Crippen molar-refractivity contribution < 1.29 is 24.2 Å². The first kappa shape index (κ1) is 22.1. The van der Waals surface area contributed by atoms with Gasteiger partial charge in [-0.25, -0.2) is 4.79 Å². The summed E-state index contributed by atoms with van der Waals surface area (Å²) in [7, 11) is 0. The van der Waals surface area contributed by atoms with Crippen molar-refractivity contribution >= 4 is 46.3 Å². The number of anilines is 1. The number of aromatic hydroxyl groups is 1. The number of nitrogens with one attached hydrogen (secondary N) is 1. The number of ether oxygens (including phenoxy) is 2. The second kappa shape index (κ2) is 11.0. The topological polar surface area (TPSA) is 84.9 Å². The Labute approximate surface area is 177 Å². The van der Waals surface area contributed by atoms with Gasteiger partial charge in [0.05, 0.1) is 12.4 Å². The number of halogens is 1. The number of para-hydroxylation sites is 1. The number of rotatable bonds is 8.